The minimum absolute atomic E-state index is 0.353. The van der Waals surface area contributed by atoms with Crippen LogP contribution in [0, 0.1) is 0 Å². The summed E-state index contributed by atoms with van der Waals surface area (Å²) >= 11 is 9.00. The SMILES string of the molecule is CCCSCC(O)c1ccc(Cl)s1. The van der Waals surface area contributed by atoms with Crippen molar-refractivity contribution in [2.45, 2.75) is 19.4 Å². The minimum Gasteiger partial charge on any atom is -0.387 e. The fraction of sp³-hybridized carbons (Fsp3) is 0.556. The maximum Gasteiger partial charge on any atom is 0.0972 e. The van der Waals surface area contributed by atoms with E-state index in [1.807, 2.05) is 12.1 Å². The van der Waals surface area contributed by atoms with Crippen molar-refractivity contribution in [3.63, 3.8) is 0 Å². The molecule has 1 rings (SSSR count). The smallest absolute Gasteiger partial charge is 0.0972 e. The third kappa shape index (κ3) is 3.90. The summed E-state index contributed by atoms with van der Waals surface area (Å²) in [5, 5.41) is 9.69. The van der Waals surface area contributed by atoms with Gasteiger partial charge in [0.25, 0.3) is 0 Å². The van der Waals surface area contributed by atoms with E-state index >= 15 is 0 Å². The number of thioether (sulfide) groups is 1. The van der Waals surface area contributed by atoms with Gasteiger partial charge in [-0.2, -0.15) is 11.8 Å². The molecule has 1 heterocycles. The third-order valence-electron chi connectivity index (χ3n) is 1.55. The summed E-state index contributed by atoms with van der Waals surface area (Å²) in [6.07, 6.45) is 0.803. The molecule has 1 atom stereocenters. The summed E-state index contributed by atoms with van der Waals surface area (Å²) in [6, 6.07) is 3.72. The molecule has 1 aromatic rings. The van der Waals surface area contributed by atoms with Gasteiger partial charge in [-0.05, 0) is 24.3 Å². The minimum atomic E-state index is -0.353. The zero-order chi connectivity index (χ0) is 9.68. The van der Waals surface area contributed by atoms with E-state index in [1.54, 1.807) is 11.8 Å². The van der Waals surface area contributed by atoms with E-state index in [-0.39, 0.29) is 6.10 Å². The predicted molar refractivity (Wildman–Crippen MR) is 61.9 cm³/mol. The van der Waals surface area contributed by atoms with Crippen molar-refractivity contribution in [1.29, 1.82) is 0 Å². The molecule has 1 aromatic heterocycles. The Balaban J connectivity index is 2.35. The molecule has 74 valence electrons. The summed E-state index contributed by atoms with van der Waals surface area (Å²) in [7, 11) is 0. The first-order valence-corrected chi connectivity index (χ1v) is 6.60. The molecule has 0 aliphatic heterocycles. The normalized spacial score (nSPS) is 13.2. The summed E-state index contributed by atoms with van der Waals surface area (Å²) in [4.78, 5) is 0.966. The van der Waals surface area contributed by atoms with E-state index in [1.165, 1.54) is 11.3 Å². The average molecular weight is 237 g/mol. The number of rotatable bonds is 5. The number of thiophene rings is 1. The van der Waals surface area contributed by atoms with E-state index in [2.05, 4.69) is 6.92 Å². The molecule has 0 spiro atoms. The van der Waals surface area contributed by atoms with E-state index in [4.69, 9.17) is 11.6 Å². The maximum absolute atomic E-state index is 9.69. The molecule has 1 N–H and O–H groups in total. The van der Waals surface area contributed by atoms with Crippen molar-refractivity contribution < 1.29 is 5.11 Å². The van der Waals surface area contributed by atoms with Gasteiger partial charge in [0.2, 0.25) is 0 Å². The molecule has 0 radical (unpaired) electrons. The Kier molecular flexibility index (Phi) is 5.17. The highest BCUT2D eigenvalue weighted by molar-refractivity contribution is 7.99. The summed E-state index contributed by atoms with van der Waals surface area (Å²) in [5.74, 6) is 1.88. The second-order valence-corrected chi connectivity index (χ2v) is 5.63. The van der Waals surface area contributed by atoms with Crippen molar-refractivity contribution in [2.75, 3.05) is 11.5 Å². The molecule has 0 amide bonds. The van der Waals surface area contributed by atoms with Gasteiger partial charge in [-0.3, -0.25) is 0 Å². The van der Waals surface area contributed by atoms with Crippen molar-refractivity contribution >= 4 is 34.7 Å². The molecule has 4 heteroatoms. The summed E-state index contributed by atoms with van der Waals surface area (Å²) < 4.78 is 0.745. The first-order valence-electron chi connectivity index (χ1n) is 4.25. The Bertz CT molecular complexity index is 250. The zero-order valence-electron chi connectivity index (χ0n) is 7.50. The Morgan fingerprint density at radius 1 is 1.62 bits per heavy atom. The van der Waals surface area contributed by atoms with Gasteiger partial charge in [0, 0.05) is 10.6 Å². The van der Waals surface area contributed by atoms with Gasteiger partial charge in [-0.25, -0.2) is 0 Å². The highest BCUT2D eigenvalue weighted by Gasteiger charge is 2.09. The van der Waals surface area contributed by atoms with Gasteiger partial charge in [0.15, 0.2) is 0 Å². The van der Waals surface area contributed by atoms with Gasteiger partial charge in [0.05, 0.1) is 10.4 Å². The fourth-order valence-electron chi connectivity index (χ4n) is 0.929. The van der Waals surface area contributed by atoms with E-state index in [9.17, 15) is 5.11 Å². The Labute approximate surface area is 92.1 Å². The fourth-order valence-corrected chi connectivity index (χ4v) is 2.94. The lowest BCUT2D eigenvalue weighted by atomic mass is 10.3. The van der Waals surface area contributed by atoms with Crippen LogP contribution in [0.3, 0.4) is 0 Å². The number of hydrogen-bond donors (Lipinski definition) is 1. The molecule has 0 aliphatic carbocycles. The van der Waals surface area contributed by atoms with Crippen LogP contribution in [0.25, 0.3) is 0 Å². The van der Waals surface area contributed by atoms with E-state index in [0.29, 0.717) is 0 Å². The largest absolute Gasteiger partial charge is 0.387 e. The van der Waals surface area contributed by atoms with Crippen LogP contribution in [-0.4, -0.2) is 16.6 Å². The molecular formula is C9H13ClOS2. The van der Waals surface area contributed by atoms with Crippen LogP contribution in [0.2, 0.25) is 4.34 Å². The lowest BCUT2D eigenvalue weighted by Crippen LogP contribution is -1.98. The lowest BCUT2D eigenvalue weighted by Gasteiger charge is -2.06. The van der Waals surface area contributed by atoms with Gasteiger partial charge < -0.3 is 5.11 Å². The number of hydrogen-bond acceptors (Lipinski definition) is 3. The Hall–Kier alpha value is 0.300. The van der Waals surface area contributed by atoms with Gasteiger partial charge in [-0.1, -0.05) is 18.5 Å². The molecule has 0 saturated carbocycles. The van der Waals surface area contributed by atoms with Crippen LogP contribution in [0.4, 0.5) is 0 Å². The molecular weight excluding hydrogens is 224 g/mol. The lowest BCUT2D eigenvalue weighted by molar-refractivity contribution is 0.208. The highest BCUT2D eigenvalue weighted by atomic mass is 35.5. The molecule has 1 nitrogen and oxygen atoms in total. The number of aliphatic hydroxyl groups is 1. The van der Waals surface area contributed by atoms with Gasteiger partial charge in [-0.15, -0.1) is 11.3 Å². The molecule has 0 aromatic carbocycles. The molecule has 0 aliphatic rings. The molecule has 1 unspecified atom stereocenters. The van der Waals surface area contributed by atoms with Crippen molar-refractivity contribution in [2.24, 2.45) is 0 Å². The van der Waals surface area contributed by atoms with Crippen LogP contribution in [0.15, 0.2) is 12.1 Å². The third-order valence-corrected chi connectivity index (χ3v) is 4.13. The predicted octanol–water partition coefficient (Wildman–Crippen LogP) is 3.58. The van der Waals surface area contributed by atoms with Gasteiger partial charge >= 0.3 is 0 Å². The summed E-state index contributed by atoms with van der Waals surface area (Å²) in [5.41, 5.74) is 0. The Morgan fingerprint density at radius 3 is 2.92 bits per heavy atom. The average Bonchev–Trinajstić information content (AvgIpc) is 2.52. The standard InChI is InChI=1S/C9H13ClOS2/c1-2-5-12-6-7(11)8-3-4-9(10)13-8/h3-4,7,11H,2,5-6H2,1H3. The van der Waals surface area contributed by atoms with E-state index in [0.717, 1.165) is 27.1 Å². The maximum atomic E-state index is 9.69. The summed E-state index contributed by atoms with van der Waals surface area (Å²) in [6.45, 7) is 2.14. The van der Waals surface area contributed by atoms with Crippen LogP contribution in [0.1, 0.15) is 24.3 Å². The van der Waals surface area contributed by atoms with Crippen molar-refractivity contribution in [3.8, 4) is 0 Å². The van der Waals surface area contributed by atoms with Crippen LogP contribution < -0.4 is 0 Å². The first kappa shape index (κ1) is 11.4. The zero-order valence-corrected chi connectivity index (χ0v) is 9.88. The van der Waals surface area contributed by atoms with Crippen LogP contribution in [-0.2, 0) is 0 Å². The molecule has 13 heavy (non-hydrogen) atoms. The van der Waals surface area contributed by atoms with Crippen molar-refractivity contribution in [3.05, 3.63) is 21.3 Å². The first-order chi connectivity index (χ1) is 6.24. The molecule has 0 fully saturated rings. The topological polar surface area (TPSA) is 20.2 Å². The quantitative estimate of drug-likeness (QED) is 0.789. The Morgan fingerprint density at radius 2 is 2.38 bits per heavy atom. The van der Waals surface area contributed by atoms with Crippen LogP contribution >= 0.6 is 34.7 Å². The highest BCUT2D eigenvalue weighted by Crippen LogP contribution is 2.28. The second-order valence-electron chi connectivity index (χ2n) is 2.73. The number of halogens is 1. The second kappa shape index (κ2) is 5.91. The van der Waals surface area contributed by atoms with Crippen LogP contribution in [0.5, 0.6) is 0 Å². The van der Waals surface area contributed by atoms with E-state index < -0.39 is 0 Å². The number of aliphatic hydroxyl groups excluding tert-OH is 1. The van der Waals surface area contributed by atoms with Gasteiger partial charge in [0.1, 0.15) is 0 Å². The van der Waals surface area contributed by atoms with Crippen molar-refractivity contribution in [1.82, 2.24) is 0 Å². The monoisotopic (exact) mass is 236 g/mol. The molecule has 0 saturated heterocycles. The molecule has 0 bridgehead atoms.